The molecule has 3 rings (SSSR count). The van der Waals surface area contributed by atoms with Gasteiger partial charge in [-0.25, -0.2) is 4.68 Å². The fourth-order valence-corrected chi connectivity index (χ4v) is 2.28. The number of nitrogens with two attached hydrogens (primary N) is 1. The minimum Gasteiger partial charge on any atom is -0.381 e. The summed E-state index contributed by atoms with van der Waals surface area (Å²) in [5.74, 6) is 1.06. The van der Waals surface area contributed by atoms with Crippen LogP contribution in [0, 0.1) is 5.41 Å². The van der Waals surface area contributed by atoms with Crippen molar-refractivity contribution in [1.29, 1.82) is 0 Å². The molecule has 0 unspecified atom stereocenters. The number of nitrogens with one attached hydrogen (secondary N) is 1. The van der Waals surface area contributed by atoms with Crippen LogP contribution in [0.5, 0.6) is 0 Å². The topological polar surface area (TPSA) is 104 Å². The van der Waals surface area contributed by atoms with Gasteiger partial charge in [0.2, 0.25) is 11.9 Å². The number of nitrogens with zero attached hydrogens (tertiary/aromatic N) is 5. The van der Waals surface area contributed by atoms with Crippen molar-refractivity contribution in [3.63, 3.8) is 0 Å². The summed E-state index contributed by atoms with van der Waals surface area (Å²) in [6.45, 7) is 4.62. The predicted octanol–water partition coefficient (Wildman–Crippen LogP) is 0.868. The smallest absolute Gasteiger partial charge is 0.257 e. The minimum atomic E-state index is 0.176. The van der Waals surface area contributed by atoms with Gasteiger partial charge in [0.15, 0.2) is 0 Å². The van der Waals surface area contributed by atoms with E-state index in [0.29, 0.717) is 11.9 Å². The Labute approximate surface area is 122 Å². The normalized spacial score (nSPS) is 17.6. The Morgan fingerprint density at radius 3 is 2.86 bits per heavy atom. The number of anilines is 2. The van der Waals surface area contributed by atoms with Gasteiger partial charge < -0.3 is 15.8 Å². The van der Waals surface area contributed by atoms with Gasteiger partial charge in [-0.2, -0.15) is 20.1 Å². The van der Waals surface area contributed by atoms with E-state index in [0.717, 1.165) is 32.6 Å². The molecule has 3 N–H and O–H groups in total. The van der Waals surface area contributed by atoms with Gasteiger partial charge in [0.25, 0.3) is 5.95 Å². The monoisotopic (exact) mass is 289 g/mol. The van der Waals surface area contributed by atoms with Crippen molar-refractivity contribution in [2.45, 2.75) is 19.8 Å². The first kappa shape index (κ1) is 13.7. The Bertz CT molecular complexity index is 593. The summed E-state index contributed by atoms with van der Waals surface area (Å²) in [6.07, 6.45) is 5.47. The molecule has 1 aliphatic heterocycles. The second kappa shape index (κ2) is 5.65. The Kier molecular flexibility index (Phi) is 3.70. The summed E-state index contributed by atoms with van der Waals surface area (Å²) in [7, 11) is 0. The van der Waals surface area contributed by atoms with Crippen molar-refractivity contribution >= 4 is 11.9 Å². The van der Waals surface area contributed by atoms with E-state index >= 15 is 0 Å². The number of rotatable bonds is 4. The molecular weight excluding hydrogens is 270 g/mol. The number of hydrogen-bond donors (Lipinski definition) is 2. The predicted molar refractivity (Wildman–Crippen MR) is 78.0 cm³/mol. The van der Waals surface area contributed by atoms with E-state index in [9.17, 15) is 0 Å². The SMILES string of the molecule is CC1(CNc2nc(N)nc(-n3cccn3)n2)CCOCC1. The zero-order chi connectivity index (χ0) is 14.7. The molecule has 2 aromatic rings. The zero-order valence-electron chi connectivity index (χ0n) is 12.0. The Morgan fingerprint density at radius 1 is 1.33 bits per heavy atom. The van der Waals surface area contributed by atoms with Crippen LogP contribution in [0.1, 0.15) is 19.8 Å². The summed E-state index contributed by atoms with van der Waals surface area (Å²) in [5.41, 5.74) is 5.93. The Hall–Kier alpha value is -2.22. The van der Waals surface area contributed by atoms with E-state index in [2.05, 4.69) is 32.3 Å². The van der Waals surface area contributed by atoms with Crippen LogP contribution in [0.3, 0.4) is 0 Å². The van der Waals surface area contributed by atoms with Gasteiger partial charge >= 0.3 is 0 Å². The number of aromatic nitrogens is 5. The van der Waals surface area contributed by atoms with E-state index in [-0.39, 0.29) is 11.4 Å². The lowest BCUT2D eigenvalue weighted by Crippen LogP contribution is -2.33. The molecule has 0 spiro atoms. The molecule has 0 bridgehead atoms. The molecule has 1 saturated heterocycles. The third-order valence-corrected chi connectivity index (χ3v) is 3.72. The number of ether oxygens (including phenoxy) is 1. The summed E-state index contributed by atoms with van der Waals surface area (Å²) in [4.78, 5) is 12.6. The van der Waals surface area contributed by atoms with Crippen LogP contribution in [0.15, 0.2) is 18.5 Å². The van der Waals surface area contributed by atoms with Crippen LogP contribution in [0.2, 0.25) is 0 Å². The standard InChI is InChI=1S/C13H19N7O/c1-13(3-7-21-8-4-13)9-15-11-17-10(14)18-12(19-11)20-6-2-5-16-20/h2,5-6H,3-4,7-9H2,1H3,(H3,14,15,17,18,19). The van der Waals surface area contributed by atoms with Crippen molar-refractivity contribution in [3.05, 3.63) is 18.5 Å². The van der Waals surface area contributed by atoms with Crippen molar-refractivity contribution in [1.82, 2.24) is 24.7 Å². The van der Waals surface area contributed by atoms with Gasteiger partial charge in [0.1, 0.15) is 0 Å². The minimum absolute atomic E-state index is 0.176. The molecule has 21 heavy (non-hydrogen) atoms. The molecule has 0 radical (unpaired) electrons. The lowest BCUT2D eigenvalue weighted by atomic mass is 9.82. The van der Waals surface area contributed by atoms with Gasteiger partial charge in [-0.15, -0.1) is 0 Å². The molecule has 0 aromatic carbocycles. The van der Waals surface area contributed by atoms with Crippen molar-refractivity contribution < 1.29 is 4.74 Å². The summed E-state index contributed by atoms with van der Waals surface area (Å²) in [5, 5.41) is 7.36. The first-order chi connectivity index (χ1) is 10.1. The van der Waals surface area contributed by atoms with Gasteiger partial charge in [-0.3, -0.25) is 0 Å². The largest absolute Gasteiger partial charge is 0.381 e. The Morgan fingerprint density at radius 2 is 2.14 bits per heavy atom. The summed E-state index contributed by atoms with van der Waals surface area (Å²) >= 11 is 0. The maximum absolute atomic E-state index is 5.74. The maximum atomic E-state index is 5.74. The molecule has 0 atom stereocenters. The lowest BCUT2D eigenvalue weighted by molar-refractivity contribution is 0.0299. The molecule has 1 aliphatic rings. The van der Waals surface area contributed by atoms with Gasteiger partial charge in [0.05, 0.1) is 0 Å². The van der Waals surface area contributed by atoms with E-state index in [1.807, 2.05) is 0 Å². The zero-order valence-corrected chi connectivity index (χ0v) is 12.0. The van der Waals surface area contributed by atoms with E-state index < -0.39 is 0 Å². The fourth-order valence-electron chi connectivity index (χ4n) is 2.28. The molecule has 8 heteroatoms. The molecule has 0 aliphatic carbocycles. The quantitative estimate of drug-likeness (QED) is 0.860. The van der Waals surface area contributed by atoms with E-state index in [1.165, 1.54) is 0 Å². The van der Waals surface area contributed by atoms with E-state index in [4.69, 9.17) is 10.5 Å². The second-order valence-electron chi connectivity index (χ2n) is 5.54. The average molecular weight is 289 g/mol. The van der Waals surface area contributed by atoms with Crippen molar-refractivity contribution in [2.75, 3.05) is 30.8 Å². The second-order valence-corrected chi connectivity index (χ2v) is 5.54. The van der Waals surface area contributed by atoms with Crippen molar-refractivity contribution in [2.24, 2.45) is 5.41 Å². The van der Waals surface area contributed by atoms with Crippen LogP contribution in [-0.4, -0.2) is 44.5 Å². The summed E-state index contributed by atoms with van der Waals surface area (Å²) in [6, 6.07) is 1.80. The number of nitrogen functional groups attached to an aromatic ring is 1. The van der Waals surface area contributed by atoms with Gasteiger partial charge in [-0.1, -0.05) is 6.92 Å². The molecule has 2 aromatic heterocycles. The maximum Gasteiger partial charge on any atom is 0.257 e. The summed E-state index contributed by atoms with van der Waals surface area (Å²) < 4.78 is 6.96. The molecule has 112 valence electrons. The highest BCUT2D eigenvalue weighted by Gasteiger charge is 2.27. The average Bonchev–Trinajstić information content (AvgIpc) is 3.00. The third-order valence-electron chi connectivity index (χ3n) is 3.72. The fraction of sp³-hybridized carbons (Fsp3) is 0.538. The molecule has 3 heterocycles. The molecule has 0 amide bonds. The highest BCUT2D eigenvalue weighted by Crippen LogP contribution is 2.29. The van der Waals surface area contributed by atoms with Crippen LogP contribution in [0.4, 0.5) is 11.9 Å². The first-order valence-corrected chi connectivity index (χ1v) is 6.98. The van der Waals surface area contributed by atoms with Gasteiger partial charge in [0, 0.05) is 32.2 Å². The first-order valence-electron chi connectivity index (χ1n) is 6.98. The lowest BCUT2D eigenvalue weighted by Gasteiger charge is -2.33. The molecule has 0 saturated carbocycles. The number of hydrogen-bond acceptors (Lipinski definition) is 7. The van der Waals surface area contributed by atoms with Crippen LogP contribution in [0.25, 0.3) is 5.95 Å². The van der Waals surface area contributed by atoms with Crippen LogP contribution in [-0.2, 0) is 4.74 Å². The van der Waals surface area contributed by atoms with Crippen molar-refractivity contribution in [3.8, 4) is 5.95 Å². The van der Waals surface area contributed by atoms with E-state index in [1.54, 1.807) is 23.1 Å². The molecule has 8 nitrogen and oxygen atoms in total. The molecular formula is C13H19N7O. The molecule has 1 fully saturated rings. The van der Waals surface area contributed by atoms with Gasteiger partial charge in [-0.05, 0) is 24.3 Å². The Balaban J connectivity index is 1.73. The highest BCUT2D eigenvalue weighted by atomic mass is 16.5. The van der Waals surface area contributed by atoms with Crippen LogP contribution < -0.4 is 11.1 Å². The van der Waals surface area contributed by atoms with Crippen LogP contribution >= 0.6 is 0 Å². The third kappa shape index (κ3) is 3.27. The highest BCUT2D eigenvalue weighted by molar-refractivity contribution is 5.35.